The molecule has 0 radical (unpaired) electrons. The summed E-state index contributed by atoms with van der Waals surface area (Å²) in [5, 5.41) is 10.2. The molecule has 0 fully saturated rings. The largest absolute Gasteiger partial charge is 0.481 e. The van der Waals surface area contributed by atoms with E-state index >= 15 is 0 Å². The molecule has 0 rings (SSSR count). The number of rotatable bonds is 5. The van der Waals surface area contributed by atoms with E-state index < -0.39 is 5.97 Å². The van der Waals surface area contributed by atoms with E-state index in [0.29, 0.717) is 5.57 Å². The number of aliphatic carboxylic acids is 1. The monoisotopic (exact) mass is 230 g/mol. The third kappa shape index (κ3) is 18.4. The molecular weight excluding hydrogens is 208 g/mol. The highest BCUT2D eigenvalue weighted by molar-refractivity contribution is 5.91. The molecule has 0 heterocycles. The summed E-state index contributed by atoms with van der Waals surface area (Å²) in [6, 6.07) is 0. The highest BCUT2D eigenvalue weighted by Crippen LogP contribution is 1.86. The van der Waals surface area contributed by atoms with Crippen LogP contribution in [0.5, 0.6) is 0 Å². The Hall–Kier alpha value is -1.36. The Kier molecular flexibility index (Phi) is 10.8. The summed E-state index contributed by atoms with van der Waals surface area (Å²) in [4.78, 5) is 22.1. The van der Waals surface area contributed by atoms with Crippen LogP contribution in [0.3, 0.4) is 0 Å². The minimum absolute atomic E-state index is 0.0474. The van der Waals surface area contributed by atoms with E-state index in [0.717, 1.165) is 26.4 Å². The van der Waals surface area contributed by atoms with Gasteiger partial charge in [0.1, 0.15) is 0 Å². The van der Waals surface area contributed by atoms with Crippen LogP contribution < -0.4 is 5.32 Å². The van der Waals surface area contributed by atoms with Crippen LogP contribution in [0.2, 0.25) is 0 Å². The predicted molar refractivity (Wildman–Crippen MR) is 64.3 cm³/mol. The van der Waals surface area contributed by atoms with Crippen LogP contribution in [0.15, 0.2) is 12.2 Å². The Morgan fingerprint density at radius 1 is 1.31 bits per heavy atom. The quantitative estimate of drug-likeness (QED) is 0.539. The third-order valence-electron chi connectivity index (χ3n) is 1.46. The molecular formula is C11H22N2O3. The van der Waals surface area contributed by atoms with Gasteiger partial charge >= 0.3 is 0 Å². The second-order valence-electron chi connectivity index (χ2n) is 3.71. The highest BCUT2D eigenvalue weighted by atomic mass is 16.4. The van der Waals surface area contributed by atoms with E-state index in [1.807, 2.05) is 14.1 Å². The summed E-state index contributed by atoms with van der Waals surface area (Å²) in [6.07, 6.45) is 0.978. The first-order valence-corrected chi connectivity index (χ1v) is 5.05. The number of nitrogens with zero attached hydrogens (tertiary/aromatic N) is 1. The average Bonchev–Trinajstić information content (AvgIpc) is 2.10. The Morgan fingerprint density at radius 2 is 1.75 bits per heavy atom. The van der Waals surface area contributed by atoms with Gasteiger partial charge in [0.2, 0.25) is 5.91 Å². The van der Waals surface area contributed by atoms with E-state index in [1.54, 1.807) is 6.92 Å². The van der Waals surface area contributed by atoms with Gasteiger partial charge in [-0.1, -0.05) is 6.58 Å². The lowest BCUT2D eigenvalue weighted by Gasteiger charge is -2.09. The zero-order chi connectivity index (χ0) is 13.1. The molecule has 16 heavy (non-hydrogen) atoms. The minimum Gasteiger partial charge on any atom is -0.481 e. The van der Waals surface area contributed by atoms with Crippen molar-refractivity contribution in [3.8, 4) is 0 Å². The van der Waals surface area contributed by atoms with Gasteiger partial charge in [0, 0.05) is 19.0 Å². The van der Waals surface area contributed by atoms with Gasteiger partial charge in [0.15, 0.2) is 0 Å². The van der Waals surface area contributed by atoms with Crippen LogP contribution in [-0.4, -0.2) is 49.1 Å². The smallest absolute Gasteiger partial charge is 0.300 e. The van der Waals surface area contributed by atoms with Gasteiger partial charge in [-0.15, -0.1) is 0 Å². The number of carbonyl (C=O) groups excluding carboxylic acids is 1. The van der Waals surface area contributed by atoms with Gasteiger partial charge < -0.3 is 15.3 Å². The first-order chi connectivity index (χ1) is 7.27. The molecule has 0 aromatic carbocycles. The SMILES string of the molecule is C=C(C)C(=O)NCCCN(C)C.CC(=O)O. The summed E-state index contributed by atoms with van der Waals surface area (Å²) in [6.45, 7) is 8.06. The van der Waals surface area contributed by atoms with Gasteiger partial charge in [0.05, 0.1) is 0 Å². The Labute approximate surface area is 97.1 Å². The Morgan fingerprint density at radius 3 is 2.06 bits per heavy atom. The number of nitrogens with one attached hydrogen (secondary N) is 1. The minimum atomic E-state index is -0.833. The molecule has 0 aliphatic rings. The molecule has 5 heteroatoms. The molecule has 94 valence electrons. The lowest BCUT2D eigenvalue weighted by Crippen LogP contribution is -2.27. The van der Waals surface area contributed by atoms with Crippen molar-refractivity contribution in [1.29, 1.82) is 0 Å². The van der Waals surface area contributed by atoms with Gasteiger partial charge in [-0.2, -0.15) is 0 Å². The zero-order valence-electron chi connectivity index (χ0n) is 10.5. The number of carbonyl (C=O) groups is 2. The van der Waals surface area contributed by atoms with Crippen LogP contribution >= 0.6 is 0 Å². The summed E-state index contributed by atoms with van der Waals surface area (Å²) >= 11 is 0. The lowest BCUT2D eigenvalue weighted by molar-refractivity contribution is -0.134. The predicted octanol–water partition coefficient (Wildman–Crippen LogP) is 0.721. The van der Waals surface area contributed by atoms with Crippen LogP contribution in [-0.2, 0) is 9.59 Å². The fraction of sp³-hybridized carbons (Fsp3) is 0.636. The second kappa shape index (κ2) is 10.2. The Balaban J connectivity index is 0. The van der Waals surface area contributed by atoms with E-state index in [1.165, 1.54) is 0 Å². The molecule has 0 spiro atoms. The van der Waals surface area contributed by atoms with Crippen LogP contribution in [0, 0.1) is 0 Å². The van der Waals surface area contributed by atoms with Gasteiger partial charge in [-0.05, 0) is 34.0 Å². The third-order valence-corrected chi connectivity index (χ3v) is 1.46. The number of carboxylic acid groups (broad SMARTS) is 1. The molecule has 5 nitrogen and oxygen atoms in total. The summed E-state index contributed by atoms with van der Waals surface area (Å²) < 4.78 is 0. The summed E-state index contributed by atoms with van der Waals surface area (Å²) in [5.74, 6) is -0.881. The Bertz CT molecular complexity index is 233. The molecule has 1 amide bonds. The van der Waals surface area contributed by atoms with Crippen molar-refractivity contribution in [3.05, 3.63) is 12.2 Å². The lowest BCUT2D eigenvalue weighted by atomic mass is 10.3. The molecule has 0 saturated carbocycles. The fourth-order valence-corrected chi connectivity index (χ4v) is 0.748. The summed E-state index contributed by atoms with van der Waals surface area (Å²) in [7, 11) is 4.03. The van der Waals surface area contributed by atoms with Crippen LogP contribution in [0.4, 0.5) is 0 Å². The number of amides is 1. The molecule has 2 N–H and O–H groups in total. The van der Waals surface area contributed by atoms with Crippen molar-refractivity contribution < 1.29 is 14.7 Å². The maximum Gasteiger partial charge on any atom is 0.300 e. The first kappa shape index (κ1) is 17.0. The van der Waals surface area contributed by atoms with Crippen molar-refractivity contribution in [2.45, 2.75) is 20.3 Å². The van der Waals surface area contributed by atoms with Crippen molar-refractivity contribution >= 4 is 11.9 Å². The molecule has 0 aromatic rings. The molecule has 0 aliphatic carbocycles. The highest BCUT2D eigenvalue weighted by Gasteiger charge is 1.99. The molecule has 0 bridgehead atoms. The van der Waals surface area contributed by atoms with Crippen LogP contribution in [0.1, 0.15) is 20.3 Å². The van der Waals surface area contributed by atoms with Crippen molar-refractivity contribution in [1.82, 2.24) is 10.2 Å². The number of hydrogen-bond donors (Lipinski definition) is 2. The van der Waals surface area contributed by atoms with Gasteiger partial charge in [0.25, 0.3) is 5.97 Å². The molecule has 0 atom stereocenters. The second-order valence-corrected chi connectivity index (χ2v) is 3.71. The summed E-state index contributed by atoms with van der Waals surface area (Å²) in [5.41, 5.74) is 0.569. The van der Waals surface area contributed by atoms with E-state index in [-0.39, 0.29) is 5.91 Å². The number of carboxylic acids is 1. The zero-order valence-corrected chi connectivity index (χ0v) is 10.5. The maximum absolute atomic E-state index is 11.0. The van der Waals surface area contributed by atoms with Crippen molar-refractivity contribution in [2.75, 3.05) is 27.2 Å². The number of hydrogen-bond acceptors (Lipinski definition) is 3. The van der Waals surface area contributed by atoms with Gasteiger partial charge in [-0.25, -0.2) is 0 Å². The molecule has 0 saturated heterocycles. The maximum atomic E-state index is 11.0. The van der Waals surface area contributed by atoms with E-state index in [2.05, 4.69) is 16.8 Å². The average molecular weight is 230 g/mol. The molecule has 0 aromatic heterocycles. The normalized spacial score (nSPS) is 9.06. The van der Waals surface area contributed by atoms with Crippen molar-refractivity contribution in [3.63, 3.8) is 0 Å². The molecule has 0 aliphatic heterocycles. The fourth-order valence-electron chi connectivity index (χ4n) is 0.748. The van der Waals surface area contributed by atoms with Crippen LogP contribution in [0.25, 0.3) is 0 Å². The topological polar surface area (TPSA) is 69.6 Å². The van der Waals surface area contributed by atoms with Gasteiger partial charge in [-0.3, -0.25) is 9.59 Å². The van der Waals surface area contributed by atoms with E-state index in [4.69, 9.17) is 9.90 Å². The standard InChI is InChI=1S/C9H18N2O.C2H4O2/c1-8(2)9(12)10-6-5-7-11(3)4;1-2(3)4/h1,5-7H2,2-4H3,(H,10,12);1H3,(H,3,4). The van der Waals surface area contributed by atoms with Crippen molar-refractivity contribution in [2.24, 2.45) is 0 Å². The van der Waals surface area contributed by atoms with E-state index in [9.17, 15) is 4.79 Å². The first-order valence-electron chi connectivity index (χ1n) is 5.05. The molecule has 0 unspecified atom stereocenters.